The maximum absolute atomic E-state index is 10.2. The largest absolute Gasteiger partial charge is 0.507 e. The van der Waals surface area contributed by atoms with Gasteiger partial charge in [0.25, 0.3) is 0 Å². The van der Waals surface area contributed by atoms with Crippen molar-refractivity contribution in [1.29, 1.82) is 0 Å². The van der Waals surface area contributed by atoms with Crippen LogP contribution in [-0.4, -0.2) is 27.7 Å². The maximum atomic E-state index is 10.2. The van der Waals surface area contributed by atoms with E-state index in [0.717, 1.165) is 17.4 Å². The van der Waals surface area contributed by atoms with E-state index < -0.39 is 0 Å². The van der Waals surface area contributed by atoms with E-state index in [1.165, 1.54) is 37.9 Å². The molecule has 0 amide bonds. The van der Waals surface area contributed by atoms with Gasteiger partial charge in [-0.25, -0.2) is 0 Å². The first-order chi connectivity index (χ1) is 9.66. The maximum Gasteiger partial charge on any atom is 0.125 e. The number of nitrogens with zero attached hydrogens (tertiary/aromatic N) is 2. The molecule has 0 atom stereocenters. The van der Waals surface area contributed by atoms with Crippen LogP contribution in [0, 0.1) is 0 Å². The zero-order valence-electron chi connectivity index (χ0n) is 12.5. The molecule has 3 heteroatoms. The second kappa shape index (κ2) is 5.49. The van der Waals surface area contributed by atoms with E-state index in [1.807, 2.05) is 6.07 Å². The molecule has 0 saturated carbocycles. The highest BCUT2D eigenvalue weighted by Crippen LogP contribution is 2.32. The summed E-state index contributed by atoms with van der Waals surface area (Å²) < 4.78 is 2.27. The molecule has 1 N–H and O–H groups in total. The van der Waals surface area contributed by atoms with Crippen molar-refractivity contribution in [2.24, 2.45) is 0 Å². The predicted octanol–water partition coefficient (Wildman–Crippen LogP) is 3.91. The summed E-state index contributed by atoms with van der Waals surface area (Å²) in [6.45, 7) is 7.69. The molecule has 0 spiro atoms. The van der Waals surface area contributed by atoms with Crippen molar-refractivity contribution in [3.63, 3.8) is 0 Å². The lowest BCUT2D eigenvalue weighted by atomic mass is 10.1. The second-order valence-electron chi connectivity index (χ2n) is 6.16. The van der Waals surface area contributed by atoms with Crippen LogP contribution in [0.25, 0.3) is 10.9 Å². The van der Waals surface area contributed by atoms with Gasteiger partial charge >= 0.3 is 0 Å². The number of piperidine rings is 1. The third-order valence-corrected chi connectivity index (χ3v) is 4.31. The van der Waals surface area contributed by atoms with Crippen molar-refractivity contribution in [2.75, 3.05) is 13.1 Å². The number of fused-ring (bicyclic) bond motifs is 1. The van der Waals surface area contributed by atoms with E-state index >= 15 is 0 Å². The molecule has 3 nitrogen and oxygen atoms in total. The first kappa shape index (κ1) is 13.5. The molecule has 1 fully saturated rings. The average Bonchev–Trinajstić information content (AvgIpc) is 2.80. The lowest BCUT2D eigenvalue weighted by Crippen LogP contribution is -2.29. The van der Waals surface area contributed by atoms with Gasteiger partial charge in [-0.05, 0) is 57.5 Å². The van der Waals surface area contributed by atoms with Gasteiger partial charge in [-0.1, -0.05) is 12.5 Å². The minimum Gasteiger partial charge on any atom is -0.507 e. The molecule has 2 heterocycles. The van der Waals surface area contributed by atoms with E-state index in [9.17, 15) is 5.11 Å². The molecule has 1 aliphatic heterocycles. The van der Waals surface area contributed by atoms with Gasteiger partial charge in [0.05, 0.1) is 5.52 Å². The smallest absolute Gasteiger partial charge is 0.125 e. The molecule has 1 saturated heterocycles. The molecule has 2 aromatic rings. The van der Waals surface area contributed by atoms with Crippen molar-refractivity contribution < 1.29 is 5.11 Å². The van der Waals surface area contributed by atoms with Crippen molar-refractivity contribution in [3.05, 3.63) is 30.0 Å². The quantitative estimate of drug-likeness (QED) is 0.917. The Morgan fingerprint density at radius 1 is 1.15 bits per heavy atom. The molecular weight excluding hydrogens is 248 g/mol. The fraction of sp³-hybridized carbons (Fsp3) is 0.529. The van der Waals surface area contributed by atoms with Crippen molar-refractivity contribution in [3.8, 4) is 5.75 Å². The number of rotatable bonds is 3. The molecule has 0 aliphatic carbocycles. The SMILES string of the molecule is CC(C)n1cc(CN2CCCCC2)c2c(O)cccc21. The fourth-order valence-electron chi connectivity index (χ4n) is 3.28. The van der Waals surface area contributed by atoms with Crippen molar-refractivity contribution >= 4 is 10.9 Å². The minimum atomic E-state index is 0.411. The normalized spacial score (nSPS) is 17.1. The van der Waals surface area contributed by atoms with Gasteiger partial charge in [0, 0.05) is 24.2 Å². The summed E-state index contributed by atoms with van der Waals surface area (Å²) in [7, 11) is 0. The van der Waals surface area contributed by atoms with Gasteiger partial charge in [-0.3, -0.25) is 4.90 Å². The van der Waals surface area contributed by atoms with Crippen LogP contribution < -0.4 is 0 Å². The van der Waals surface area contributed by atoms with Gasteiger partial charge in [-0.2, -0.15) is 0 Å². The number of aromatic hydroxyl groups is 1. The summed E-state index contributed by atoms with van der Waals surface area (Å²) in [5, 5.41) is 11.3. The van der Waals surface area contributed by atoms with Crippen LogP contribution in [-0.2, 0) is 6.54 Å². The average molecular weight is 272 g/mol. The Morgan fingerprint density at radius 2 is 1.90 bits per heavy atom. The molecule has 0 unspecified atom stereocenters. The Morgan fingerprint density at radius 3 is 2.60 bits per heavy atom. The van der Waals surface area contributed by atoms with Gasteiger partial charge < -0.3 is 9.67 Å². The highest BCUT2D eigenvalue weighted by atomic mass is 16.3. The Labute approximate surface area is 120 Å². The number of benzene rings is 1. The standard InChI is InChI=1S/C17H24N2O/c1-13(2)19-12-14(11-18-9-4-3-5-10-18)17-15(19)7-6-8-16(17)20/h6-8,12-13,20H,3-5,9-11H2,1-2H3. The van der Waals surface area contributed by atoms with Crippen LogP contribution in [0.1, 0.15) is 44.7 Å². The summed E-state index contributed by atoms with van der Waals surface area (Å²) in [6, 6.07) is 6.25. The summed E-state index contributed by atoms with van der Waals surface area (Å²) in [6.07, 6.45) is 6.18. The van der Waals surface area contributed by atoms with Crippen LogP contribution in [0.3, 0.4) is 0 Å². The highest BCUT2D eigenvalue weighted by molar-refractivity contribution is 5.89. The number of hydrogen-bond donors (Lipinski definition) is 1. The third-order valence-electron chi connectivity index (χ3n) is 4.31. The van der Waals surface area contributed by atoms with E-state index in [1.54, 1.807) is 6.07 Å². The Hall–Kier alpha value is -1.48. The van der Waals surface area contributed by atoms with E-state index in [4.69, 9.17) is 0 Å². The topological polar surface area (TPSA) is 28.4 Å². The van der Waals surface area contributed by atoms with E-state index in [-0.39, 0.29) is 0 Å². The number of likely N-dealkylation sites (tertiary alicyclic amines) is 1. The monoisotopic (exact) mass is 272 g/mol. The van der Waals surface area contributed by atoms with Crippen LogP contribution in [0.15, 0.2) is 24.4 Å². The van der Waals surface area contributed by atoms with Crippen LogP contribution in [0.5, 0.6) is 5.75 Å². The van der Waals surface area contributed by atoms with Crippen LogP contribution >= 0.6 is 0 Å². The molecule has 0 radical (unpaired) electrons. The molecule has 1 aromatic heterocycles. The number of hydrogen-bond acceptors (Lipinski definition) is 2. The van der Waals surface area contributed by atoms with Gasteiger partial charge in [-0.15, -0.1) is 0 Å². The second-order valence-corrected chi connectivity index (χ2v) is 6.16. The number of aromatic nitrogens is 1. The van der Waals surface area contributed by atoms with Gasteiger partial charge in [0.1, 0.15) is 5.75 Å². The first-order valence-corrected chi connectivity index (χ1v) is 7.70. The van der Waals surface area contributed by atoms with Crippen molar-refractivity contribution in [2.45, 2.75) is 45.7 Å². The van der Waals surface area contributed by atoms with Gasteiger partial charge in [0.15, 0.2) is 0 Å². The predicted molar refractivity (Wildman–Crippen MR) is 83.1 cm³/mol. The first-order valence-electron chi connectivity index (χ1n) is 7.70. The van der Waals surface area contributed by atoms with E-state index in [2.05, 4.69) is 35.6 Å². The molecule has 1 aromatic carbocycles. The summed E-state index contributed by atoms with van der Waals surface area (Å²) in [5.74, 6) is 0.411. The number of phenols is 1. The number of phenolic OH excluding ortho intramolecular Hbond substituents is 1. The van der Waals surface area contributed by atoms with Gasteiger partial charge in [0.2, 0.25) is 0 Å². The molecule has 108 valence electrons. The lowest BCUT2D eigenvalue weighted by molar-refractivity contribution is 0.221. The minimum absolute atomic E-state index is 0.411. The molecule has 3 rings (SSSR count). The fourth-order valence-corrected chi connectivity index (χ4v) is 3.28. The third kappa shape index (κ3) is 2.42. The van der Waals surface area contributed by atoms with Crippen LogP contribution in [0.4, 0.5) is 0 Å². The molecular formula is C17H24N2O. The zero-order chi connectivity index (χ0) is 14.1. The Balaban J connectivity index is 2.01. The van der Waals surface area contributed by atoms with E-state index in [0.29, 0.717) is 11.8 Å². The zero-order valence-corrected chi connectivity index (χ0v) is 12.5. The Kier molecular flexibility index (Phi) is 3.70. The van der Waals surface area contributed by atoms with Crippen molar-refractivity contribution in [1.82, 2.24) is 9.47 Å². The molecule has 0 bridgehead atoms. The highest BCUT2D eigenvalue weighted by Gasteiger charge is 2.17. The summed E-state index contributed by atoms with van der Waals surface area (Å²) in [4.78, 5) is 2.51. The lowest BCUT2D eigenvalue weighted by Gasteiger charge is -2.26. The molecule has 1 aliphatic rings. The van der Waals surface area contributed by atoms with Crippen LogP contribution in [0.2, 0.25) is 0 Å². The Bertz CT molecular complexity index is 594. The summed E-state index contributed by atoms with van der Waals surface area (Å²) >= 11 is 0. The summed E-state index contributed by atoms with van der Waals surface area (Å²) in [5.41, 5.74) is 2.40. The molecule has 20 heavy (non-hydrogen) atoms.